The van der Waals surface area contributed by atoms with Crippen LogP contribution in [0.5, 0.6) is 5.75 Å². The van der Waals surface area contributed by atoms with E-state index in [2.05, 4.69) is 5.32 Å². The van der Waals surface area contributed by atoms with Gasteiger partial charge in [0.05, 0.1) is 17.0 Å². The van der Waals surface area contributed by atoms with Crippen LogP contribution >= 0.6 is 11.3 Å². The van der Waals surface area contributed by atoms with Crippen molar-refractivity contribution in [3.05, 3.63) is 45.8 Å². The number of Topliss-reactive ketones (excluding diaryl/α,β-unsaturated/α-hetero) is 1. The molecule has 0 atom stereocenters. The fraction of sp³-hybridized carbons (Fsp3) is 0.391. The Kier molecular flexibility index (Phi) is 8.95. The third kappa shape index (κ3) is 6.40. The van der Waals surface area contributed by atoms with Gasteiger partial charge in [0, 0.05) is 0 Å². The topological polar surface area (TPSA) is 108 Å². The number of benzene rings is 1. The first-order chi connectivity index (χ1) is 15.1. The molecule has 0 spiro atoms. The Bertz CT molecular complexity index is 1010. The Hall–Kier alpha value is -3.20. The number of carbonyl (C=O) groups is 4. The number of para-hydroxylation sites is 1. The molecule has 2 aromatic rings. The fourth-order valence-electron chi connectivity index (χ4n) is 2.96. The van der Waals surface area contributed by atoms with Gasteiger partial charge < -0.3 is 19.5 Å². The summed E-state index contributed by atoms with van der Waals surface area (Å²) in [6, 6.07) is 7.37. The monoisotopic (exact) mass is 461 g/mol. The van der Waals surface area contributed by atoms with E-state index < -0.39 is 24.5 Å². The number of rotatable bonds is 10. The molecular formula is C23H27NO7S. The summed E-state index contributed by atoms with van der Waals surface area (Å²) in [7, 11) is 0. The third-order valence-corrected chi connectivity index (χ3v) is 5.76. The molecule has 0 bridgehead atoms. The maximum absolute atomic E-state index is 12.3. The number of amides is 1. The number of ketones is 1. The molecule has 172 valence electrons. The molecule has 0 saturated carbocycles. The Morgan fingerprint density at radius 2 is 1.75 bits per heavy atom. The number of thiophene rings is 1. The van der Waals surface area contributed by atoms with Crippen LogP contribution in [0.4, 0.5) is 5.00 Å². The molecule has 1 aromatic heterocycles. The highest BCUT2D eigenvalue weighted by atomic mass is 32.1. The van der Waals surface area contributed by atoms with Crippen molar-refractivity contribution in [2.45, 2.75) is 40.5 Å². The number of carbonyl (C=O) groups excluding carboxylic acids is 4. The molecule has 0 aliphatic rings. The van der Waals surface area contributed by atoms with E-state index in [0.29, 0.717) is 16.2 Å². The van der Waals surface area contributed by atoms with Crippen LogP contribution in [0.1, 0.15) is 64.8 Å². The highest BCUT2D eigenvalue weighted by Gasteiger charge is 2.25. The highest BCUT2D eigenvalue weighted by molar-refractivity contribution is 7.18. The summed E-state index contributed by atoms with van der Waals surface area (Å²) in [5.74, 6) is -1.44. The first-order valence-corrected chi connectivity index (χ1v) is 11.0. The predicted molar refractivity (Wildman–Crippen MR) is 121 cm³/mol. The quantitative estimate of drug-likeness (QED) is 0.419. The Morgan fingerprint density at radius 1 is 1.06 bits per heavy atom. The standard InChI is InChI=1S/C23H27NO7S/c1-6-29-23(28)20-14(4)21(15(5)25)32-22(20)24-18(26)11-31-19(27)12-30-17-10-8-7-9-16(17)13(2)3/h7-10,13H,6,11-12H2,1-5H3,(H,24,26). The van der Waals surface area contributed by atoms with Crippen LogP contribution in [0, 0.1) is 6.92 Å². The molecule has 0 fully saturated rings. The number of nitrogens with one attached hydrogen (secondary N) is 1. The molecule has 8 nitrogen and oxygen atoms in total. The largest absolute Gasteiger partial charge is 0.482 e. The van der Waals surface area contributed by atoms with Crippen molar-refractivity contribution in [2.24, 2.45) is 0 Å². The number of hydrogen-bond acceptors (Lipinski definition) is 8. The number of hydrogen-bond donors (Lipinski definition) is 1. The smallest absolute Gasteiger partial charge is 0.344 e. The lowest BCUT2D eigenvalue weighted by Crippen LogP contribution is -2.24. The number of esters is 2. The molecule has 0 saturated heterocycles. The summed E-state index contributed by atoms with van der Waals surface area (Å²) < 4.78 is 15.5. The molecule has 9 heteroatoms. The Labute approximate surface area is 190 Å². The van der Waals surface area contributed by atoms with Crippen LogP contribution in [0.2, 0.25) is 0 Å². The van der Waals surface area contributed by atoms with Gasteiger partial charge in [0.2, 0.25) is 0 Å². The molecule has 0 unspecified atom stereocenters. The van der Waals surface area contributed by atoms with E-state index in [9.17, 15) is 19.2 Å². The van der Waals surface area contributed by atoms with Gasteiger partial charge in [0.1, 0.15) is 10.8 Å². The third-order valence-electron chi connectivity index (χ3n) is 4.45. The summed E-state index contributed by atoms with van der Waals surface area (Å²) in [4.78, 5) is 48.8. The lowest BCUT2D eigenvalue weighted by molar-refractivity contribution is -0.149. The van der Waals surface area contributed by atoms with E-state index >= 15 is 0 Å². The van der Waals surface area contributed by atoms with Crippen molar-refractivity contribution in [1.82, 2.24) is 0 Å². The summed E-state index contributed by atoms with van der Waals surface area (Å²) >= 11 is 0.975. The first-order valence-electron chi connectivity index (χ1n) is 10.1. The number of anilines is 1. The van der Waals surface area contributed by atoms with Gasteiger partial charge in [-0.05, 0) is 43.9 Å². The second-order valence-corrected chi connectivity index (χ2v) is 8.25. The molecule has 1 amide bonds. The second-order valence-electron chi connectivity index (χ2n) is 7.23. The van der Waals surface area contributed by atoms with E-state index in [-0.39, 0.29) is 35.5 Å². The van der Waals surface area contributed by atoms with Gasteiger partial charge in [-0.25, -0.2) is 9.59 Å². The molecule has 32 heavy (non-hydrogen) atoms. The average Bonchev–Trinajstić information content (AvgIpc) is 3.07. The predicted octanol–water partition coefficient (Wildman–Crippen LogP) is 4.12. The Morgan fingerprint density at radius 3 is 2.38 bits per heavy atom. The Balaban J connectivity index is 1.98. The summed E-state index contributed by atoms with van der Waals surface area (Å²) in [6.45, 7) is 7.90. The van der Waals surface area contributed by atoms with Crippen molar-refractivity contribution < 1.29 is 33.4 Å². The van der Waals surface area contributed by atoms with E-state index in [1.54, 1.807) is 26.0 Å². The van der Waals surface area contributed by atoms with Gasteiger partial charge in [-0.2, -0.15) is 0 Å². The minimum absolute atomic E-state index is 0.121. The minimum Gasteiger partial charge on any atom is -0.482 e. The SMILES string of the molecule is CCOC(=O)c1c(NC(=O)COC(=O)COc2ccccc2C(C)C)sc(C(C)=O)c1C. The summed E-state index contributed by atoms with van der Waals surface area (Å²) in [5, 5.41) is 2.70. The molecule has 0 radical (unpaired) electrons. The zero-order valence-electron chi connectivity index (χ0n) is 18.8. The van der Waals surface area contributed by atoms with Crippen LogP contribution in [0.15, 0.2) is 24.3 Å². The van der Waals surface area contributed by atoms with Gasteiger partial charge in [-0.1, -0.05) is 32.0 Å². The van der Waals surface area contributed by atoms with Crippen molar-refractivity contribution >= 4 is 40.0 Å². The van der Waals surface area contributed by atoms with Crippen molar-refractivity contribution in [2.75, 3.05) is 25.1 Å². The molecule has 0 aliphatic heterocycles. The zero-order chi connectivity index (χ0) is 23.8. The highest BCUT2D eigenvalue weighted by Crippen LogP contribution is 2.34. The first kappa shape index (κ1) is 25.1. The normalized spacial score (nSPS) is 10.6. The number of ether oxygens (including phenoxy) is 3. The fourth-order valence-corrected chi connectivity index (χ4v) is 4.07. The average molecular weight is 462 g/mol. The maximum atomic E-state index is 12.3. The maximum Gasteiger partial charge on any atom is 0.344 e. The van der Waals surface area contributed by atoms with Crippen molar-refractivity contribution in [3.63, 3.8) is 0 Å². The van der Waals surface area contributed by atoms with Gasteiger partial charge in [-0.3, -0.25) is 9.59 Å². The molecule has 1 heterocycles. The zero-order valence-corrected chi connectivity index (χ0v) is 19.6. The second kappa shape index (κ2) is 11.4. The minimum atomic E-state index is -0.712. The van der Waals surface area contributed by atoms with Crippen LogP contribution in [-0.2, 0) is 19.1 Å². The lowest BCUT2D eigenvalue weighted by Gasteiger charge is -2.13. The van der Waals surface area contributed by atoms with Gasteiger partial charge in [0.15, 0.2) is 19.0 Å². The van der Waals surface area contributed by atoms with E-state index in [1.165, 1.54) is 6.92 Å². The molecule has 1 aromatic carbocycles. The van der Waals surface area contributed by atoms with Gasteiger partial charge >= 0.3 is 11.9 Å². The van der Waals surface area contributed by atoms with Gasteiger partial charge in [0.25, 0.3) is 5.91 Å². The lowest BCUT2D eigenvalue weighted by atomic mass is 10.0. The van der Waals surface area contributed by atoms with E-state index in [0.717, 1.165) is 16.9 Å². The van der Waals surface area contributed by atoms with E-state index in [4.69, 9.17) is 14.2 Å². The molecule has 2 rings (SSSR count). The molecule has 1 N–H and O–H groups in total. The molecule has 0 aliphatic carbocycles. The van der Waals surface area contributed by atoms with Crippen LogP contribution in [0.25, 0.3) is 0 Å². The molecular weight excluding hydrogens is 434 g/mol. The van der Waals surface area contributed by atoms with Crippen LogP contribution in [-0.4, -0.2) is 43.4 Å². The van der Waals surface area contributed by atoms with Crippen molar-refractivity contribution in [1.29, 1.82) is 0 Å². The van der Waals surface area contributed by atoms with E-state index in [1.807, 2.05) is 26.0 Å². The van der Waals surface area contributed by atoms with Crippen LogP contribution in [0.3, 0.4) is 0 Å². The summed E-state index contributed by atoms with van der Waals surface area (Å²) in [6.07, 6.45) is 0. The summed E-state index contributed by atoms with van der Waals surface area (Å²) in [5.41, 5.74) is 1.51. The van der Waals surface area contributed by atoms with Gasteiger partial charge in [-0.15, -0.1) is 11.3 Å². The van der Waals surface area contributed by atoms with Crippen molar-refractivity contribution in [3.8, 4) is 5.75 Å². The van der Waals surface area contributed by atoms with Crippen LogP contribution < -0.4 is 10.1 Å².